The lowest BCUT2D eigenvalue weighted by atomic mass is 10.1. The van der Waals surface area contributed by atoms with Gasteiger partial charge >= 0.3 is 5.92 Å². The van der Waals surface area contributed by atoms with Crippen molar-refractivity contribution in [2.75, 3.05) is 14.1 Å². The van der Waals surface area contributed by atoms with Crippen molar-refractivity contribution in [1.82, 2.24) is 14.7 Å². The number of aromatic nitrogens is 2. The molecule has 0 atom stereocenters. The van der Waals surface area contributed by atoms with Crippen LogP contribution >= 0.6 is 0 Å². The van der Waals surface area contributed by atoms with Crippen LogP contribution in [0.25, 0.3) is 11.3 Å². The van der Waals surface area contributed by atoms with E-state index in [1.165, 1.54) is 18.0 Å². The molecule has 0 fully saturated rings. The Kier molecular flexibility index (Phi) is 4.12. The highest BCUT2D eigenvalue weighted by Gasteiger charge is 2.31. The molecular formula is C16H17F2N3O. The summed E-state index contributed by atoms with van der Waals surface area (Å²) < 4.78 is 28.5. The minimum atomic E-state index is -3.14. The summed E-state index contributed by atoms with van der Waals surface area (Å²) in [6.45, 7) is 3.15. The molecule has 1 aromatic heterocycles. The van der Waals surface area contributed by atoms with Gasteiger partial charge in [-0.2, -0.15) is 13.9 Å². The number of benzene rings is 1. The van der Waals surface area contributed by atoms with Gasteiger partial charge in [-0.25, -0.2) is 0 Å². The van der Waals surface area contributed by atoms with Crippen LogP contribution in [0.15, 0.2) is 43.0 Å². The van der Waals surface area contributed by atoms with Crippen molar-refractivity contribution in [2.45, 2.75) is 5.92 Å². The Morgan fingerprint density at radius 2 is 1.91 bits per heavy atom. The van der Waals surface area contributed by atoms with E-state index in [2.05, 4.69) is 11.7 Å². The molecular weight excluding hydrogens is 288 g/mol. The second-order valence-electron chi connectivity index (χ2n) is 5.14. The maximum atomic E-state index is 13.7. The highest BCUT2D eigenvalue weighted by molar-refractivity contribution is 5.94. The van der Waals surface area contributed by atoms with Crippen molar-refractivity contribution in [1.29, 1.82) is 0 Å². The zero-order chi connectivity index (χ0) is 16.5. The van der Waals surface area contributed by atoms with Crippen LogP contribution in [-0.4, -0.2) is 34.7 Å². The number of carbonyl (C=O) groups excluding carboxylic acids is 1. The Bertz CT molecular complexity index is 703. The van der Waals surface area contributed by atoms with Crippen LogP contribution in [-0.2, 0) is 13.0 Å². The number of carbonyl (C=O) groups is 1. The van der Waals surface area contributed by atoms with Crippen LogP contribution < -0.4 is 0 Å². The minimum Gasteiger partial charge on any atom is -0.345 e. The molecule has 0 aliphatic rings. The Balaban J connectivity index is 2.36. The molecule has 6 heteroatoms. The van der Waals surface area contributed by atoms with Gasteiger partial charge in [0.15, 0.2) is 0 Å². The second-order valence-corrected chi connectivity index (χ2v) is 5.14. The van der Waals surface area contributed by atoms with E-state index in [9.17, 15) is 13.6 Å². The molecule has 0 spiro atoms. The van der Waals surface area contributed by atoms with Gasteiger partial charge < -0.3 is 4.90 Å². The number of alkyl halides is 2. The number of allylic oxidation sites excluding steroid dienone is 1. The van der Waals surface area contributed by atoms with Crippen LogP contribution in [0.3, 0.4) is 0 Å². The molecule has 116 valence electrons. The molecule has 0 unspecified atom stereocenters. The van der Waals surface area contributed by atoms with Gasteiger partial charge in [-0.05, 0) is 24.3 Å². The third kappa shape index (κ3) is 2.90. The van der Waals surface area contributed by atoms with Gasteiger partial charge in [-0.3, -0.25) is 9.48 Å². The second kappa shape index (κ2) is 5.71. The van der Waals surface area contributed by atoms with Gasteiger partial charge in [0, 0.05) is 32.3 Å². The smallest absolute Gasteiger partial charge is 0.307 e. The number of amides is 1. The van der Waals surface area contributed by atoms with Crippen molar-refractivity contribution in [2.24, 2.45) is 7.05 Å². The predicted molar refractivity (Wildman–Crippen MR) is 80.8 cm³/mol. The van der Waals surface area contributed by atoms with Crippen LogP contribution in [0, 0.1) is 0 Å². The van der Waals surface area contributed by atoms with Gasteiger partial charge in [0.25, 0.3) is 5.91 Å². The topological polar surface area (TPSA) is 38.1 Å². The van der Waals surface area contributed by atoms with E-state index in [0.717, 1.165) is 4.68 Å². The van der Waals surface area contributed by atoms with E-state index < -0.39 is 5.92 Å². The van der Waals surface area contributed by atoms with Gasteiger partial charge in [0.1, 0.15) is 5.69 Å². The lowest BCUT2D eigenvalue weighted by Gasteiger charge is -2.10. The molecule has 0 saturated heterocycles. The summed E-state index contributed by atoms with van der Waals surface area (Å²) in [5.74, 6) is -3.26. The van der Waals surface area contributed by atoms with Crippen molar-refractivity contribution in [3.63, 3.8) is 0 Å². The summed E-state index contributed by atoms with van der Waals surface area (Å²) in [6, 6.07) is 8.00. The average Bonchev–Trinajstić information content (AvgIpc) is 2.89. The van der Waals surface area contributed by atoms with Crippen LogP contribution in [0.4, 0.5) is 8.78 Å². The standard InChI is InChI=1S/C16H17F2N3O/c1-5-16(17,18)14-10-13(19-21(14)4)11-6-8-12(9-7-11)15(22)20(2)3/h5-10H,1H2,2-4H3. The molecule has 0 N–H and O–H groups in total. The average molecular weight is 305 g/mol. The van der Waals surface area contributed by atoms with E-state index in [1.54, 1.807) is 38.4 Å². The molecule has 0 aliphatic carbocycles. The third-order valence-electron chi connectivity index (χ3n) is 3.31. The van der Waals surface area contributed by atoms with Crippen LogP contribution in [0.2, 0.25) is 0 Å². The summed E-state index contributed by atoms with van der Waals surface area (Å²) in [4.78, 5) is 13.3. The first-order valence-corrected chi connectivity index (χ1v) is 6.64. The normalized spacial score (nSPS) is 11.3. The van der Waals surface area contributed by atoms with E-state index in [-0.39, 0.29) is 11.6 Å². The van der Waals surface area contributed by atoms with Crippen LogP contribution in [0.1, 0.15) is 16.1 Å². The van der Waals surface area contributed by atoms with Crippen molar-refractivity contribution in [3.8, 4) is 11.3 Å². The summed E-state index contributed by atoms with van der Waals surface area (Å²) in [5.41, 5.74) is 1.38. The van der Waals surface area contributed by atoms with Gasteiger partial charge in [0.2, 0.25) is 0 Å². The van der Waals surface area contributed by atoms with E-state index in [4.69, 9.17) is 0 Å². The molecule has 4 nitrogen and oxygen atoms in total. The first kappa shape index (κ1) is 15.9. The van der Waals surface area contributed by atoms with Crippen LogP contribution in [0.5, 0.6) is 0 Å². The fraction of sp³-hybridized carbons (Fsp3) is 0.250. The lowest BCUT2D eigenvalue weighted by Crippen LogP contribution is -2.21. The summed E-state index contributed by atoms with van der Waals surface area (Å²) >= 11 is 0. The SMILES string of the molecule is C=CC(F)(F)c1cc(-c2ccc(C(=O)N(C)C)cc2)nn1C. The maximum Gasteiger partial charge on any atom is 0.307 e. The molecule has 2 aromatic rings. The maximum absolute atomic E-state index is 13.7. The Hall–Kier alpha value is -2.50. The van der Waals surface area contributed by atoms with Gasteiger partial charge in [-0.1, -0.05) is 18.7 Å². The third-order valence-corrected chi connectivity index (χ3v) is 3.31. The lowest BCUT2D eigenvalue weighted by molar-refractivity contribution is 0.0433. The molecule has 0 radical (unpaired) electrons. The number of nitrogens with zero attached hydrogens (tertiary/aromatic N) is 3. The van der Waals surface area contributed by atoms with Gasteiger partial charge in [0.05, 0.1) is 5.69 Å². The minimum absolute atomic E-state index is 0.119. The van der Waals surface area contributed by atoms with Crippen molar-refractivity contribution >= 4 is 5.91 Å². The zero-order valence-corrected chi connectivity index (χ0v) is 12.7. The van der Waals surface area contributed by atoms with Crippen molar-refractivity contribution in [3.05, 3.63) is 54.2 Å². The number of rotatable bonds is 4. The zero-order valence-electron chi connectivity index (χ0n) is 12.7. The molecule has 2 rings (SSSR count). The van der Waals surface area contributed by atoms with E-state index >= 15 is 0 Å². The first-order chi connectivity index (χ1) is 10.3. The molecule has 1 heterocycles. The molecule has 0 bridgehead atoms. The number of hydrogen-bond acceptors (Lipinski definition) is 2. The van der Waals surface area contributed by atoms with Gasteiger partial charge in [-0.15, -0.1) is 0 Å². The molecule has 1 amide bonds. The number of halogens is 2. The molecule has 1 aromatic carbocycles. The fourth-order valence-corrected chi connectivity index (χ4v) is 2.07. The highest BCUT2D eigenvalue weighted by Crippen LogP contribution is 2.31. The Morgan fingerprint density at radius 3 is 2.41 bits per heavy atom. The van der Waals surface area contributed by atoms with Crippen molar-refractivity contribution < 1.29 is 13.6 Å². The highest BCUT2D eigenvalue weighted by atomic mass is 19.3. The molecule has 22 heavy (non-hydrogen) atoms. The number of aryl methyl sites for hydroxylation is 1. The molecule has 0 saturated carbocycles. The monoisotopic (exact) mass is 305 g/mol. The quantitative estimate of drug-likeness (QED) is 0.814. The fourth-order valence-electron chi connectivity index (χ4n) is 2.07. The molecule has 0 aliphatic heterocycles. The number of hydrogen-bond donors (Lipinski definition) is 0. The first-order valence-electron chi connectivity index (χ1n) is 6.64. The summed E-state index contributed by atoms with van der Waals surface area (Å²) in [6.07, 6.45) is 0.590. The Morgan fingerprint density at radius 1 is 1.32 bits per heavy atom. The largest absolute Gasteiger partial charge is 0.345 e. The summed E-state index contributed by atoms with van der Waals surface area (Å²) in [5, 5.41) is 4.10. The Labute approximate surface area is 127 Å². The van der Waals surface area contributed by atoms with E-state index in [0.29, 0.717) is 22.9 Å². The predicted octanol–water partition coefficient (Wildman–Crippen LogP) is 3.07. The summed E-state index contributed by atoms with van der Waals surface area (Å²) in [7, 11) is 4.79. The van der Waals surface area contributed by atoms with E-state index in [1.807, 2.05) is 0 Å².